The Balaban J connectivity index is 1.54. The summed E-state index contributed by atoms with van der Waals surface area (Å²) in [6.07, 6.45) is 3.92. The van der Waals surface area contributed by atoms with Crippen LogP contribution in [0.2, 0.25) is 0 Å². The molecule has 0 saturated heterocycles. The van der Waals surface area contributed by atoms with Gasteiger partial charge < -0.3 is 9.84 Å². The Bertz CT molecular complexity index is 1130. The van der Waals surface area contributed by atoms with Crippen LogP contribution < -0.4 is 5.56 Å². The van der Waals surface area contributed by atoms with E-state index in [2.05, 4.69) is 31.2 Å². The van der Waals surface area contributed by atoms with Crippen LogP contribution in [0.15, 0.2) is 65.5 Å². The molecule has 1 aromatic heterocycles. The Morgan fingerprint density at radius 3 is 2.33 bits per heavy atom. The van der Waals surface area contributed by atoms with Crippen LogP contribution in [0.4, 0.5) is 0 Å². The van der Waals surface area contributed by atoms with Gasteiger partial charge >= 0.3 is 5.97 Å². The molecule has 0 aliphatic heterocycles. The van der Waals surface area contributed by atoms with Crippen molar-refractivity contribution >= 4 is 5.97 Å². The zero-order valence-electron chi connectivity index (χ0n) is 18.9. The van der Waals surface area contributed by atoms with Crippen LogP contribution in [0.1, 0.15) is 31.2 Å². The highest BCUT2D eigenvalue weighted by Gasteiger charge is 2.23. The molecule has 0 amide bonds. The fourth-order valence-electron chi connectivity index (χ4n) is 4.52. The normalized spacial score (nSPS) is 18.2. The highest BCUT2D eigenvalue weighted by Crippen LogP contribution is 2.32. The molecule has 6 heteroatoms. The number of hydrogen-bond acceptors (Lipinski definition) is 4. The highest BCUT2D eigenvalue weighted by atomic mass is 16.5. The molecule has 0 unspecified atom stereocenters. The first kappa shape index (κ1) is 22.9. The van der Waals surface area contributed by atoms with Gasteiger partial charge in [-0.05, 0) is 50.0 Å². The zero-order chi connectivity index (χ0) is 23.2. The number of ether oxygens (including phenoxy) is 1. The second kappa shape index (κ2) is 10.6. The average molecular weight is 447 g/mol. The van der Waals surface area contributed by atoms with E-state index in [1.54, 1.807) is 10.7 Å². The number of hydrogen-bond donors (Lipinski definition) is 1. The predicted molar refractivity (Wildman–Crippen MR) is 128 cm³/mol. The van der Waals surface area contributed by atoms with E-state index < -0.39 is 5.97 Å². The van der Waals surface area contributed by atoms with Gasteiger partial charge in [-0.2, -0.15) is 5.10 Å². The molecule has 0 atom stereocenters. The topological polar surface area (TPSA) is 81.4 Å². The molecule has 1 N–H and O–H groups in total. The Hall–Kier alpha value is -3.25. The maximum Gasteiger partial charge on any atom is 0.329 e. The van der Waals surface area contributed by atoms with Crippen molar-refractivity contribution in [3.63, 3.8) is 0 Å². The smallest absolute Gasteiger partial charge is 0.329 e. The van der Waals surface area contributed by atoms with E-state index in [1.165, 1.54) is 5.56 Å². The number of carboxylic acids is 1. The third kappa shape index (κ3) is 5.96. The monoisotopic (exact) mass is 446 g/mol. The molecule has 0 spiro atoms. The van der Waals surface area contributed by atoms with Gasteiger partial charge in [0.05, 0.1) is 12.3 Å². The first-order valence-corrected chi connectivity index (χ1v) is 11.5. The van der Waals surface area contributed by atoms with Crippen molar-refractivity contribution in [2.45, 2.75) is 39.2 Å². The molecular formula is C27H30N2O4. The molecule has 3 aromatic rings. The Labute approximate surface area is 193 Å². The van der Waals surface area contributed by atoms with E-state index in [4.69, 9.17) is 14.9 Å². The lowest BCUT2D eigenvalue weighted by molar-refractivity contribution is -0.142. The van der Waals surface area contributed by atoms with Crippen molar-refractivity contribution in [3.8, 4) is 22.4 Å². The van der Waals surface area contributed by atoms with Gasteiger partial charge in [0.2, 0.25) is 0 Å². The fourth-order valence-corrected chi connectivity index (χ4v) is 4.52. The molecular weight excluding hydrogens is 416 g/mol. The molecule has 33 heavy (non-hydrogen) atoms. The molecule has 1 saturated carbocycles. The van der Waals surface area contributed by atoms with E-state index in [9.17, 15) is 9.59 Å². The number of aryl methyl sites for hydroxylation is 1. The summed E-state index contributed by atoms with van der Waals surface area (Å²) in [6.45, 7) is 2.89. The molecule has 1 fully saturated rings. The van der Waals surface area contributed by atoms with Crippen LogP contribution in [-0.4, -0.2) is 34.1 Å². The lowest BCUT2D eigenvalue weighted by Gasteiger charge is -2.28. The second-order valence-electron chi connectivity index (χ2n) is 8.95. The van der Waals surface area contributed by atoms with Gasteiger partial charge in [-0.15, -0.1) is 0 Å². The lowest BCUT2D eigenvalue weighted by Crippen LogP contribution is -2.29. The number of aromatic nitrogens is 2. The van der Waals surface area contributed by atoms with Gasteiger partial charge in [0.15, 0.2) is 0 Å². The maximum absolute atomic E-state index is 13.0. The summed E-state index contributed by atoms with van der Waals surface area (Å²) in [4.78, 5) is 23.6. The van der Waals surface area contributed by atoms with Crippen molar-refractivity contribution < 1.29 is 14.6 Å². The summed E-state index contributed by atoms with van der Waals surface area (Å²) in [5.74, 6) is -0.175. The molecule has 0 bridgehead atoms. The van der Waals surface area contributed by atoms with E-state index in [0.29, 0.717) is 25.0 Å². The largest absolute Gasteiger partial charge is 0.480 e. The van der Waals surface area contributed by atoms with Crippen LogP contribution in [0.5, 0.6) is 0 Å². The molecule has 4 rings (SSSR count). The minimum Gasteiger partial charge on any atom is -0.480 e. The van der Waals surface area contributed by atoms with Crippen LogP contribution in [-0.2, 0) is 16.1 Å². The van der Waals surface area contributed by atoms with Gasteiger partial charge in [0.25, 0.3) is 5.56 Å². The quantitative estimate of drug-likeness (QED) is 0.538. The van der Waals surface area contributed by atoms with Crippen molar-refractivity contribution in [3.05, 3.63) is 76.6 Å². The van der Waals surface area contributed by atoms with Crippen LogP contribution in [0, 0.1) is 18.8 Å². The average Bonchev–Trinajstić information content (AvgIpc) is 2.82. The Morgan fingerprint density at radius 2 is 1.67 bits per heavy atom. The summed E-state index contributed by atoms with van der Waals surface area (Å²) in [5.41, 5.74) is 4.73. The van der Waals surface area contributed by atoms with Crippen LogP contribution in [0.3, 0.4) is 0 Å². The van der Waals surface area contributed by atoms with Crippen LogP contribution >= 0.6 is 0 Å². The summed E-state index contributed by atoms with van der Waals surface area (Å²) < 4.78 is 6.89. The summed E-state index contributed by atoms with van der Waals surface area (Å²) in [6, 6.07) is 19.9. The number of rotatable bonds is 8. The summed E-state index contributed by atoms with van der Waals surface area (Å²) >= 11 is 0. The van der Waals surface area contributed by atoms with Gasteiger partial charge in [-0.25, -0.2) is 9.48 Å². The Kier molecular flexibility index (Phi) is 7.35. The lowest BCUT2D eigenvalue weighted by atomic mass is 9.82. The van der Waals surface area contributed by atoms with E-state index >= 15 is 0 Å². The number of carboxylic acid groups (broad SMARTS) is 1. The maximum atomic E-state index is 13.0. The van der Waals surface area contributed by atoms with E-state index in [1.807, 2.05) is 30.3 Å². The molecule has 6 nitrogen and oxygen atoms in total. The van der Waals surface area contributed by atoms with E-state index in [0.717, 1.165) is 48.1 Å². The zero-order valence-corrected chi connectivity index (χ0v) is 18.9. The number of nitrogens with zero attached hydrogens (tertiary/aromatic N) is 2. The third-order valence-corrected chi connectivity index (χ3v) is 6.38. The third-order valence-electron chi connectivity index (χ3n) is 6.38. The van der Waals surface area contributed by atoms with Crippen molar-refractivity contribution in [1.82, 2.24) is 9.78 Å². The van der Waals surface area contributed by atoms with Gasteiger partial charge in [-0.1, -0.05) is 60.2 Å². The minimum atomic E-state index is -0.933. The molecule has 0 radical (unpaired) electrons. The molecule has 2 aromatic carbocycles. The minimum absolute atomic E-state index is 0.0865. The fraction of sp³-hybridized carbons (Fsp3) is 0.370. The second-order valence-corrected chi connectivity index (χ2v) is 8.95. The van der Waals surface area contributed by atoms with Gasteiger partial charge in [-0.3, -0.25) is 4.79 Å². The van der Waals surface area contributed by atoms with Crippen LogP contribution in [0.25, 0.3) is 22.4 Å². The van der Waals surface area contributed by atoms with Crippen molar-refractivity contribution in [2.75, 3.05) is 13.2 Å². The summed E-state index contributed by atoms with van der Waals surface area (Å²) in [7, 11) is 0. The highest BCUT2D eigenvalue weighted by molar-refractivity contribution is 5.80. The van der Waals surface area contributed by atoms with Crippen molar-refractivity contribution in [1.29, 1.82) is 0 Å². The molecule has 172 valence electrons. The summed E-state index contributed by atoms with van der Waals surface area (Å²) in [5, 5.41) is 13.6. The number of aliphatic carboxylic acids is 1. The Morgan fingerprint density at radius 1 is 1.00 bits per heavy atom. The van der Waals surface area contributed by atoms with Crippen molar-refractivity contribution in [2.24, 2.45) is 11.8 Å². The number of benzene rings is 2. The SMILES string of the molecule is Cc1ccc(-c2nn(CC3CCC(COCC(=O)O)CC3)c(=O)cc2-c2ccccc2)cc1. The van der Waals surface area contributed by atoms with Gasteiger partial charge in [0.1, 0.15) is 6.61 Å². The first-order valence-electron chi connectivity index (χ1n) is 11.5. The van der Waals surface area contributed by atoms with E-state index in [-0.39, 0.29) is 12.2 Å². The standard InChI is InChI=1S/C27H30N2O4/c1-19-7-13-23(14-8-19)27-24(22-5-3-2-4-6-22)15-25(30)29(28-27)16-20-9-11-21(12-10-20)17-33-18-26(31)32/h2-8,13-15,20-21H,9-12,16-18H2,1H3,(H,31,32). The predicted octanol–water partition coefficient (Wildman–Crippen LogP) is 4.79. The first-order chi connectivity index (χ1) is 16.0. The molecule has 1 heterocycles. The molecule has 1 aliphatic rings. The van der Waals surface area contributed by atoms with Gasteiger partial charge in [0, 0.05) is 23.7 Å². The molecule has 1 aliphatic carbocycles. The number of carbonyl (C=O) groups is 1.